The standard InChI is InChI=1S/C26H23N/c1-26(2,3)16-17-11-12-20-21-10-6-7-18-13-14-27-25(24(18)21)22-9-5-4-8-19(22)23(20)15-17/h4-15H,16H2,1-3H3. The lowest BCUT2D eigenvalue weighted by Gasteiger charge is -2.20. The van der Waals surface area contributed by atoms with Gasteiger partial charge in [-0.15, -0.1) is 0 Å². The third kappa shape index (κ3) is 2.66. The summed E-state index contributed by atoms with van der Waals surface area (Å²) in [4.78, 5) is 4.80. The van der Waals surface area contributed by atoms with E-state index in [1.165, 1.54) is 44.2 Å². The quantitative estimate of drug-likeness (QED) is 0.313. The van der Waals surface area contributed by atoms with E-state index < -0.39 is 0 Å². The summed E-state index contributed by atoms with van der Waals surface area (Å²) in [7, 11) is 0. The van der Waals surface area contributed by atoms with E-state index in [0.29, 0.717) is 0 Å². The van der Waals surface area contributed by atoms with Gasteiger partial charge in [0.15, 0.2) is 0 Å². The van der Waals surface area contributed by atoms with Crippen molar-refractivity contribution in [1.82, 2.24) is 4.98 Å². The van der Waals surface area contributed by atoms with E-state index in [-0.39, 0.29) is 5.41 Å². The molecular weight excluding hydrogens is 326 g/mol. The van der Waals surface area contributed by atoms with Crippen molar-refractivity contribution in [3.05, 3.63) is 78.5 Å². The van der Waals surface area contributed by atoms with Crippen LogP contribution in [0.5, 0.6) is 0 Å². The molecule has 0 fully saturated rings. The minimum absolute atomic E-state index is 0.267. The van der Waals surface area contributed by atoms with Crippen molar-refractivity contribution in [3.8, 4) is 33.5 Å². The van der Waals surface area contributed by atoms with E-state index in [9.17, 15) is 0 Å². The minimum atomic E-state index is 0.267. The zero-order valence-corrected chi connectivity index (χ0v) is 16.1. The lowest BCUT2D eigenvalue weighted by molar-refractivity contribution is 0.411. The number of pyridine rings is 1. The molecule has 1 aliphatic carbocycles. The van der Waals surface area contributed by atoms with Gasteiger partial charge in [-0.05, 0) is 51.1 Å². The average Bonchev–Trinajstić information content (AvgIpc) is 2.76. The zero-order valence-electron chi connectivity index (χ0n) is 16.1. The first-order valence-corrected chi connectivity index (χ1v) is 9.62. The van der Waals surface area contributed by atoms with Crippen LogP contribution in [0, 0.1) is 5.41 Å². The molecule has 1 aromatic heterocycles. The van der Waals surface area contributed by atoms with Gasteiger partial charge in [0, 0.05) is 17.1 Å². The van der Waals surface area contributed by atoms with Gasteiger partial charge in [-0.3, -0.25) is 4.98 Å². The van der Waals surface area contributed by atoms with Crippen LogP contribution in [-0.2, 0) is 6.42 Å². The number of rotatable bonds is 1. The lowest BCUT2D eigenvalue weighted by Crippen LogP contribution is -2.09. The first kappa shape index (κ1) is 16.3. The van der Waals surface area contributed by atoms with Crippen molar-refractivity contribution >= 4 is 10.8 Å². The summed E-state index contributed by atoms with van der Waals surface area (Å²) in [5.74, 6) is 0. The molecule has 0 amide bonds. The first-order chi connectivity index (χ1) is 13.0. The van der Waals surface area contributed by atoms with Gasteiger partial charge in [-0.1, -0.05) is 81.4 Å². The van der Waals surface area contributed by atoms with Crippen molar-refractivity contribution in [2.45, 2.75) is 27.2 Å². The third-order valence-corrected chi connectivity index (χ3v) is 5.37. The molecule has 132 valence electrons. The van der Waals surface area contributed by atoms with Gasteiger partial charge < -0.3 is 0 Å². The lowest BCUT2D eigenvalue weighted by atomic mass is 9.85. The number of aromatic nitrogens is 1. The molecule has 0 aliphatic heterocycles. The van der Waals surface area contributed by atoms with Crippen LogP contribution < -0.4 is 0 Å². The van der Waals surface area contributed by atoms with Crippen LogP contribution in [0.25, 0.3) is 44.3 Å². The summed E-state index contributed by atoms with van der Waals surface area (Å²) >= 11 is 0. The monoisotopic (exact) mass is 349 g/mol. The molecule has 3 aromatic carbocycles. The maximum atomic E-state index is 4.80. The maximum absolute atomic E-state index is 4.80. The van der Waals surface area contributed by atoms with Crippen molar-refractivity contribution in [1.29, 1.82) is 0 Å². The first-order valence-electron chi connectivity index (χ1n) is 9.62. The van der Waals surface area contributed by atoms with Gasteiger partial charge in [0.05, 0.1) is 5.69 Å². The maximum Gasteiger partial charge on any atom is 0.0792 e. The summed E-state index contributed by atoms with van der Waals surface area (Å²) in [5.41, 5.74) is 9.15. The molecule has 0 radical (unpaired) electrons. The van der Waals surface area contributed by atoms with Crippen LogP contribution >= 0.6 is 0 Å². The van der Waals surface area contributed by atoms with E-state index >= 15 is 0 Å². The number of fused-ring (bicyclic) bond motifs is 5. The van der Waals surface area contributed by atoms with Crippen molar-refractivity contribution < 1.29 is 0 Å². The molecule has 0 bridgehead atoms. The van der Waals surface area contributed by atoms with Crippen LogP contribution in [0.3, 0.4) is 0 Å². The van der Waals surface area contributed by atoms with Crippen LogP contribution in [0.1, 0.15) is 26.3 Å². The second kappa shape index (κ2) is 5.79. The molecule has 0 atom stereocenters. The number of benzene rings is 3. The highest BCUT2D eigenvalue weighted by Crippen LogP contribution is 2.46. The molecule has 1 nitrogen and oxygen atoms in total. The van der Waals surface area contributed by atoms with Crippen molar-refractivity contribution in [3.63, 3.8) is 0 Å². The number of nitrogens with zero attached hydrogens (tertiary/aromatic N) is 1. The smallest absolute Gasteiger partial charge is 0.0792 e. The molecular formula is C26H23N. The molecule has 0 saturated heterocycles. The second-order valence-electron chi connectivity index (χ2n) is 8.73. The van der Waals surface area contributed by atoms with E-state index in [0.717, 1.165) is 12.1 Å². The predicted molar refractivity (Wildman–Crippen MR) is 115 cm³/mol. The topological polar surface area (TPSA) is 12.9 Å². The molecule has 4 aromatic rings. The molecule has 1 heterocycles. The van der Waals surface area contributed by atoms with Crippen LogP contribution in [-0.4, -0.2) is 4.98 Å². The van der Waals surface area contributed by atoms with Crippen LogP contribution in [0.4, 0.5) is 0 Å². The Kier molecular flexibility index (Phi) is 3.48. The van der Waals surface area contributed by atoms with Crippen molar-refractivity contribution in [2.75, 3.05) is 0 Å². The molecule has 1 aliphatic rings. The number of hydrogen-bond donors (Lipinski definition) is 0. The molecule has 0 spiro atoms. The Morgan fingerprint density at radius 2 is 1.44 bits per heavy atom. The van der Waals surface area contributed by atoms with E-state index in [2.05, 4.69) is 87.5 Å². The van der Waals surface area contributed by atoms with Gasteiger partial charge in [0.1, 0.15) is 0 Å². The molecule has 0 unspecified atom stereocenters. The highest BCUT2D eigenvalue weighted by molar-refractivity contribution is 6.12. The summed E-state index contributed by atoms with van der Waals surface area (Å²) < 4.78 is 0. The summed E-state index contributed by atoms with van der Waals surface area (Å²) in [5, 5.41) is 2.51. The summed E-state index contributed by atoms with van der Waals surface area (Å²) in [6, 6.07) is 24.4. The minimum Gasteiger partial charge on any atom is -0.256 e. The summed E-state index contributed by atoms with van der Waals surface area (Å²) in [6.07, 6.45) is 3.00. The fraction of sp³-hybridized carbons (Fsp3) is 0.192. The Bertz CT molecular complexity index is 1170. The molecule has 27 heavy (non-hydrogen) atoms. The van der Waals surface area contributed by atoms with Gasteiger partial charge in [0.2, 0.25) is 0 Å². The van der Waals surface area contributed by atoms with E-state index in [1.54, 1.807) is 0 Å². The highest BCUT2D eigenvalue weighted by Gasteiger charge is 2.22. The van der Waals surface area contributed by atoms with Crippen molar-refractivity contribution in [2.24, 2.45) is 5.41 Å². The van der Waals surface area contributed by atoms with Gasteiger partial charge in [-0.25, -0.2) is 0 Å². The second-order valence-corrected chi connectivity index (χ2v) is 8.73. The molecule has 0 N–H and O–H groups in total. The Morgan fingerprint density at radius 3 is 2.26 bits per heavy atom. The number of hydrogen-bond acceptors (Lipinski definition) is 1. The van der Waals surface area contributed by atoms with E-state index in [1.807, 2.05) is 6.20 Å². The predicted octanol–water partition coefficient (Wildman–Crippen LogP) is 7.14. The highest BCUT2D eigenvalue weighted by atomic mass is 14.7. The Hall–Kier alpha value is -2.93. The Balaban J connectivity index is 1.89. The van der Waals surface area contributed by atoms with Gasteiger partial charge in [-0.2, -0.15) is 0 Å². The van der Waals surface area contributed by atoms with Crippen LogP contribution in [0.2, 0.25) is 0 Å². The van der Waals surface area contributed by atoms with Crippen LogP contribution in [0.15, 0.2) is 72.9 Å². The average molecular weight is 349 g/mol. The van der Waals surface area contributed by atoms with E-state index in [4.69, 9.17) is 4.98 Å². The SMILES string of the molecule is CC(C)(C)Cc1ccc2c(c1)-c1ccccc1-c1nccc3cccc-2c13. The molecule has 1 heteroatoms. The zero-order chi connectivity index (χ0) is 18.6. The van der Waals surface area contributed by atoms with Gasteiger partial charge >= 0.3 is 0 Å². The molecule has 5 rings (SSSR count). The fourth-order valence-corrected chi connectivity index (χ4v) is 4.35. The summed E-state index contributed by atoms with van der Waals surface area (Å²) in [6.45, 7) is 6.90. The molecule has 0 saturated carbocycles. The Morgan fingerprint density at radius 1 is 0.704 bits per heavy atom. The third-order valence-electron chi connectivity index (χ3n) is 5.37. The van der Waals surface area contributed by atoms with Gasteiger partial charge in [0.25, 0.3) is 0 Å². The largest absolute Gasteiger partial charge is 0.256 e. The fourth-order valence-electron chi connectivity index (χ4n) is 4.35. The normalized spacial score (nSPS) is 12.4. The Labute approximate surface area is 160 Å².